The Balaban J connectivity index is 3.31. The van der Waals surface area contributed by atoms with Gasteiger partial charge in [-0.3, -0.25) is 0 Å². The lowest BCUT2D eigenvalue weighted by atomic mass is 10.2. The fraction of sp³-hybridized carbons (Fsp3) is 0.364. The molecule has 0 spiro atoms. The summed E-state index contributed by atoms with van der Waals surface area (Å²) in [5.41, 5.74) is 0.344. The van der Waals surface area contributed by atoms with Gasteiger partial charge in [-0.1, -0.05) is 0 Å². The third-order valence-electron chi connectivity index (χ3n) is 2.09. The van der Waals surface area contributed by atoms with E-state index in [1.807, 2.05) is 0 Å². The quantitative estimate of drug-likeness (QED) is 0.728. The number of hydrogen-bond acceptors (Lipinski definition) is 5. The van der Waals surface area contributed by atoms with Crippen LogP contribution in [0.15, 0.2) is 12.1 Å². The van der Waals surface area contributed by atoms with Crippen molar-refractivity contribution in [2.45, 2.75) is 0 Å². The van der Waals surface area contributed by atoms with Crippen molar-refractivity contribution in [3.63, 3.8) is 0 Å². The van der Waals surface area contributed by atoms with Gasteiger partial charge in [-0.2, -0.15) is 0 Å². The number of methoxy groups -OCH3 is 4. The Kier molecular flexibility index (Phi) is 3.99. The Morgan fingerprint density at radius 3 is 1.75 bits per heavy atom. The number of benzene rings is 1. The van der Waals surface area contributed by atoms with Gasteiger partial charge in [0.15, 0.2) is 11.5 Å². The van der Waals surface area contributed by atoms with Crippen molar-refractivity contribution in [3.8, 4) is 17.2 Å². The summed E-state index contributed by atoms with van der Waals surface area (Å²) in [6.07, 6.45) is 0. The van der Waals surface area contributed by atoms with Gasteiger partial charge < -0.3 is 18.9 Å². The third kappa shape index (κ3) is 2.18. The first-order valence-corrected chi connectivity index (χ1v) is 4.56. The van der Waals surface area contributed by atoms with Crippen LogP contribution < -0.4 is 14.2 Å². The van der Waals surface area contributed by atoms with Crippen molar-refractivity contribution in [2.24, 2.45) is 0 Å². The molecule has 88 valence electrons. The second-order valence-electron chi connectivity index (χ2n) is 2.91. The summed E-state index contributed by atoms with van der Waals surface area (Å²) in [6.45, 7) is 0. The molecule has 0 aromatic heterocycles. The van der Waals surface area contributed by atoms with Crippen LogP contribution in [0, 0.1) is 0 Å². The zero-order valence-corrected chi connectivity index (χ0v) is 9.70. The maximum Gasteiger partial charge on any atom is 0.338 e. The molecule has 0 aliphatic carbocycles. The lowest BCUT2D eigenvalue weighted by Crippen LogP contribution is -2.03. The Hall–Kier alpha value is -1.91. The highest BCUT2D eigenvalue weighted by atomic mass is 16.5. The summed E-state index contributed by atoms with van der Waals surface area (Å²) in [6, 6.07) is 3.07. The Morgan fingerprint density at radius 1 is 0.938 bits per heavy atom. The standard InChI is InChI=1S/C11H14O5/c1-13-8-5-7(11(12)16-4)6-9(14-2)10(8)15-3/h5-6H,1-4H3. The molecule has 1 aromatic carbocycles. The molecular formula is C11H14O5. The van der Waals surface area contributed by atoms with E-state index in [0.717, 1.165) is 0 Å². The molecule has 0 bridgehead atoms. The van der Waals surface area contributed by atoms with E-state index in [1.165, 1.54) is 40.6 Å². The van der Waals surface area contributed by atoms with E-state index in [4.69, 9.17) is 14.2 Å². The van der Waals surface area contributed by atoms with Crippen LogP contribution in [0.25, 0.3) is 0 Å². The molecule has 5 heteroatoms. The molecule has 1 rings (SSSR count). The predicted octanol–water partition coefficient (Wildman–Crippen LogP) is 1.50. The number of carbonyl (C=O) groups excluding carboxylic acids is 1. The van der Waals surface area contributed by atoms with Crippen LogP contribution in [-0.2, 0) is 4.74 Å². The molecule has 0 heterocycles. The van der Waals surface area contributed by atoms with Crippen molar-refractivity contribution in [1.29, 1.82) is 0 Å². The van der Waals surface area contributed by atoms with E-state index in [2.05, 4.69) is 4.74 Å². The predicted molar refractivity (Wildman–Crippen MR) is 57.4 cm³/mol. The molecule has 1 aromatic rings. The molecule has 0 aliphatic rings. The van der Waals surface area contributed by atoms with Crippen molar-refractivity contribution < 1.29 is 23.7 Å². The maximum atomic E-state index is 11.4. The summed E-state index contributed by atoms with van der Waals surface area (Å²) in [5, 5.41) is 0. The van der Waals surface area contributed by atoms with Gasteiger partial charge in [0.25, 0.3) is 0 Å². The SMILES string of the molecule is COC(=O)c1cc(OC)c(OC)c(OC)c1. The van der Waals surface area contributed by atoms with Gasteiger partial charge in [-0.15, -0.1) is 0 Å². The van der Waals surface area contributed by atoms with E-state index in [-0.39, 0.29) is 0 Å². The van der Waals surface area contributed by atoms with Crippen LogP contribution in [0.4, 0.5) is 0 Å². The van der Waals surface area contributed by atoms with Gasteiger partial charge in [0, 0.05) is 0 Å². The van der Waals surface area contributed by atoms with Crippen LogP contribution in [0.2, 0.25) is 0 Å². The molecule has 0 saturated carbocycles. The second kappa shape index (κ2) is 5.25. The van der Waals surface area contributed by atoms with Gasteiger partial charge in [0.1, 0.15) is 0 Å². The van der Waals surface area contributed by atoms with Crippen LogP contribution in [0.3, 0.4) is 0 Å². The van der Waals surface area contributed by atoms with Crippen molar-refractivity contribution >= 4 is 5.97 Å². The summed E-state index contributed by atoms with van der Waals surface area (Å²) < 4.78 is 19.9. The average molecular weight is 226 g/mol. The highest BCUT2D eigenvalue weighted by Gasteiger charge is 2.16. The van der Waals surface area contributed by atoms with Crippen LogP contribution in [0.5, 0.6) is 17.2 Å². The summed E-state index contributed by atoms with van der Waals surface area (Å²) in [5.74, 6) is 0.821. The fourth-order valence-corrected chi connectivity index (χ4v) is 1.32. The summed E-state index contributed by atoms with van der Waals surface area (Å²) in [4.78, 5) is 11.4. The molecule has 0 fully saturated rings. The second-order valence-corrected chi connectivity index (χ2v) is 2.91. The Morgan fingerprint density at radius 2 is 1.44 bits per heavy atom. The van der Waals surface area contributed by atoms with E-state index in [0.29, 0.717) is 22.8 Å². The Labute approximate surface area is 93.9 Å². The van der Waals surface area contributed by atoms with E-state index >= 15 is 0 Å². The lowest BCUT2D eigenvalue weighted by molar-refractivity contribution is 0.0600. The van der Waals surface area contributed by atoms with Crippen molar-refractivity contribution in [1.82, 2.24) is 0 Å². The maximum absolute atomic E-state index is 11.4. The monoisotopic (exact) mass is 226 g/mol. The molecule has 0 unspecified atom stereocenters. The van der Waals surface area contributed by atoms with Crippen LogP contribution >= 0.6 is 0 Å². The first kappa shape index (κ1) is 12.2. The smallest absolute Gasteiger partial charge is 0.338 e. The van der Waals surface area contributed by atoms with Crippen LogP contribution in [0.1, 0.15) is 10.4 Å². The average Bonchev–Trinajstić information content (AvgIpc) is 2.35. The highest BCUT2D eigenvalue weighted by Crippen LogP contribution is 2.38. The van der Waals surface area contributed by atoms with Gasteiger partial charge in [0.2, 0.25) is 5.75 Å². The largest absolute Gasteiger partial charge is 0.493 e. The zero-order valence-electron chi connectivity index (χ0n) is 9.70. The van der Waals surface area contributed by atoms with Gasteiger partial charge in [-0.25, -0.2) is 4.79 Å². The summed E-state index contributed by atoms with van der Waals surface area (Å²) in [7, 11) is 5.78. The van der Waals surface area contributed by atoms with Crippen molar-refractivity contribution in [2.75, 3.05) is 28.4 Å². The first-order valence-electron chi connectivity index (χ1n) is 4.56. The minimum atomic E-state index is -0.459. The highest BCUT2D eigenvalue weighted by molar-refractivity contribution is 5.91. The van der Waals surface area contributed by atoms with Gasteiger partial charge >= 0.3 is 5.97 Å². The molecule has 0 N–H and O–H groups in total. The van der Waals surface area contributed by atoms with E-state index in [9.17, 15) is 4.79 Å². The van der Waals surface area contributed by atoms with E-state index < -0.39 is 5.97 Å². The third-order valence-corrected chi connectivity index (χ3v) is 2.09. The minimum absolute atomic E-state index is 0.344. The number of carbonyl (C=O) groups is 1. The van der Waals surface area contributed by atoms with Crippen LogP contribution in [-0.4, -0.2) is 34.4 Å². The number of esters is 1. The number of ether oxygens (including phenoxy) is 4. The Bertz CT molecular complexity index is 361. The molecule has 0 amide bonds. The molecule has 5 nitrogen and oxygen atoms in total. The topological polar surface area (TPSA) is 54.0 Å². The zero-order chi connectivity index (χ0) is 12.1. The normalized spacial score (nSPS) is 9.50. The number of hydrogen-bond donors (Lipinski definition) is 0. The summed E-state index contributed by atoms with van der Waals surface area (Å²) >= 11 is 0. The molecule has 0 atom stereocenters. The lowest BCUT2D eigenvalue weighted by Gasteiger charge is -2.13. The fourth-order valence-electron chi connectivity index (χ4n) is 1.32. The van der Waals surface area contributed by atoms with Gasteiger partial charge in [0.05, 0.1) is 34.0 Å². The minimum Gasteiger partial charge on any atom is -0.493 e. The molecule has 0 saturated heterocycles. The molecule has 0 aliphatic heterocycles. The van der Waals surface area contributed by atoms with Gasteiger partial charge in [-0.05, 0) is 12.1 Å². The first-order chi connectivity index (χ1) is 7.67. The van der Waals surface area contributed by atoms with Crippen molar-refractivity contribution in [3.05, 3.63) is 17.7 Å². The van der Waals surface area contributed by atoms with E-state index in [1.54, 1.807) is 0 Å². The number of rotatable bonds is 4. The molecular weight excluding hydrogens is 212 g/mol. The molecule has 0 radical (unpaired) electrons. The molecule has 16 heavy (non-hydrogen) atoms.